The molecule has 1 aromatic heterocycles. The summed E-state index contributed by atoms with van der Waals surface area (Å²) in [4.78, 5) is 19.2. The van der Waals surface area contributed by atoms with Gasteiger partial charge in [0.2, 0.25) is 0 Å². The van der Waals surface area contributed by atoms with Gasteiger partial charge >= 0.3 is 0 Å². The molecule has 1 fully saturated rings. The Morgan fingerprint density at radius 3 is 2.47 bits per heavy atom. The van der Waals surface area contributed by atoms with Gasteiger partial charge in [0.1, 0.15) is 5.82 Å². The van der Waals surface area contributed by atoms with Crippen LogP contribution in [0.2, 0.25) is 0 Å². The predicted molar refractivity (Wildman–Crippen MR) is 68.2 cm³/mol. The minimum Gasteiger partial charge on any atom is -0.309 e. The highest BCUT2D eigenvalue weighted by Crippen LogP contribution is 2.40. The Labute approximate surface area is 103 Å². The smallest absolute Gasteiger partial charge is 0.264 e. The maximum Gasteiger partial charge on any atom is 0.264 e. The van der Waals surface area contributed by atoms with Gasteiger partial charge in [0, 0.05) is 11.3 Å². The molecule has 0 unspecified atom stereocenters. The molecule has 2 rings (SSSR count). The maximum atomic E-state index is 11.7. The lowest BCUT2D eigenvalue weighted by Crippen LogP contribution is -2.25. The van der Waals surface area contributed by atoms with Crippen LogP contribution in [0, 0.1) is 3.57 Å². The minimum absolute atomic E-state index is 0.0115. The molecule has 0 spiro atoms. The van der Waals surface area contributed by atoms with Gasteiger partial charge in [-0.3, -0.25) is 4.79 Å². The molecule has 1 aliphatic rings. The molecular weight excluding hydrogens is 303 g/mol. The van der Waals surface area contributed by atoms with Crippen LogP contribution in [0.1, 0.15) is 51.0 Å². The third-order valence-corrected chi connectivity index (χ3v) is 3.61. The fraction of sp³-hybridized carbons (Fsp3) is 0.636. The fourth-order valence-electron chi connectivity index (χ4n) is 1.46. The van der Waals surface area contributed by atoms with E-state index in [2.05, 4.69) is 53.3 Å². The second kappa shape index (κ2) is 3.57. The van der Waals surface area contributed by atoms with Crippen LogP contribution in [0.25, 0.3) is 0 Å². The zero-order chi connectivity index (χ0) is 11.2. The molecule has 0 radical (unpaired) electrons. The van der Waals surface area contributed by atoms with Gasteiger partial charge in [-0.05, 0) is 35.4 Å². The van der Waals surface area contributed by atoms with Gasteiger partial charge in [-0.1, -0.05) is 20.8 Å². The van der Waals surface area contributed by atoms with Crippen molar-refractivity contribution in [2.75, 3.05) is 0 Å². The van der Waals surface area contributed by atoms with Crippen LogP contribution >= 0.6 is 22.6 Å². The van der Waals surface area contributed by atoms with Crippen molar-refractivity contribution in [3.8, 4) is 0 Å². The van der Waals surface area contributed by atoms with Crippen LogP contribution in [0.3, 0.4) is 0 Å². The number of aromatic nitrogens is 2. The van der Waals surface area contributed by atoms with E-state index < -0.39 is 0 Å². The molecule has 0 atom stereocenters. The van der Waals surface area contributed by atoms with E-state index in [1.807, 2.05) is 0 Å². The molecule has 0 aromatic carbocycles. The number of aromatic amines is 1. The fourth-order valence-corrected chi connectivity index (χ4v) is 2.15. The summed E-state index contributed by atoms with van der Waals surface area (Å²) in [5.74, 6) is 1.33. The average Bonchev–Trinajstić information content (AvgIpc) is 2.90. The second-order valence-electron chi connectivity index (χ2n) is 5.14. The summed E-state index contributed by atoms with van der Waals surface area (Å²) < 4.78 is 0.767. The van der Waals surface area contributed by atoms with Gasteiger partial charge in [0.05, 0.1) is 9.26 Å². The Hall–Kier alpha value is -0.390. The Balaban J connectivity index is 2.56. The molecule has 0 saturated heterocycles. The summed E-state index contributed by atoms with van der Waals surface area (Å²) in [7, 11) is 0. The SMILES string of the molecule is CC(C)(C)c1nc(C2CC2)c(I)c(=O)[nH]1. The lowest BCUT2D eigenvalue weighted by atomic mass is 9.95. The van der Waals surface area contributed by atoms with Crippen LogP contribution in [0.4, 0.5) is 0 Å². The summed E-state index contributed by atoms with van der Waals surface area (Å²) >= 11 is 2.10. The largest absolute Gasteiger partial charge is 0.309 e. The number of nitrogens with zero attached hydrogens (tertiary/aromatic N) is 1. The molecule has 82 valence electrons. The lowest BCUT2D eigenvalue weighted by molar-refractivity contribution is 0.537. The molecular formula is C11H15IN2O. The molecule has 1 aromatic rings. The molecule has 4 heteroatoms. The Kier molecular flexibility index (Phi) is 2.65. The molecule has 3 nitrogen and oxygen atoms in total. The van der Waals surface area contributed by atoms with Crippen LogP contribution in [-0.2, 0) is 5.41 Å². The highest BCUT2D eigenvalue weighted by atomic mass is 127. The maximum absolute atomic E-state index is 11.7. The van der Waals surface area contributed by atoms with Crippen LogP contribution in [-0.4, -0.2) is 9.97 Å². The number of H-pyrrole nitrogens is 1. The van der Waals surface area contributed by atoms with Crippen molar-refractivity contribution in [3.05, 3.63) is 25.4 Å². The summed E-state index contributed by atoms with van der Waals surface area (Å²) in [6, 6.07) is 0. The van der Waals surface area contributed by atoms with Crippen LogP contribution < -0.4 is 5.56 Å². The minimum atomic E-state index is -0.0901. The summed E-state index contributed by atoms with van der Waals surface area (Å²) in [6.07, 6.45) is 2.35. The molecule has 1 N–H and O–H groups in total. The zero-order valence-corrected chi connectivity index (χ0v) is 11.4. The standard InChI is InChI=1S/C11H15IN2O/c1-11(2,3)10-13-8(6-4-5-6)7(12)9(15)14-10/h6H,4-5H2,1-3H3,(H,13,14,15). The molecule has 0 bridgehead atoms. The van der Waals surface area contributed by atoms with E-state index in [-0.39, 0.29) is 11.0 Å². The molecule has 0 aliphatic heterocycles. The number of halogens is 1. The van der Waals surface area contributed by atoms with Gasteiger partial charge < -0.3 is 4.98 Å². The molecule has 15 heavy (non-hydrogen) atoms. The second-order valence-corrected chi connectivity index (χ2v) is 6.22. The van der Waals surface area contributed by atoms with Gasteiger partial charge in [0.25, 0.3) is 5.56 Å². The van der Waals surface area contributed by atoms with Crippen molar-refractivity contribution < 1.29 is 0 Å². The molecule has 0 amide bonds. The Bertz CT molecular complexity index is 441. The monoisotopic (exact) mass is 318 g/mol. The first kappa shape index (κ1) is 11.1. The lowest BCUT2D eigenvalue weighted by Gasteiger charge is -2.18. The van der Waals surface area contributed by atoms with E-state index in [0.717, 1.165) is 15.1 Å². The van der Waals surface area contributed by atoms with E-state index in [0.29, 0.717) is 5.92 Å². The normalized spacial score (nSPS) is 16.8. The van der Waals surface area contributed by atoms with Crippen LogP contribution in [0.15, 0.2) is 4.79 Å². The number of hydrogen-bond donors (Lipinski definition) is 1. The summed E-state index contributed by atoms with van der Waals surface area (Å²) in [5.41, 5.74) is 0.925. The predicted octanol–water partition coefficient (Wildman–Crippen LogP) is 2.55. The van der Waals surface area contributed by atoms with E-state index >= 15 is 0 Å². The highest BCUT2D eigenvalue weighted by molar-refractivity contribution is 14.1. The van der Waals surface area contributed by atoms with Crippen molar-refractivity contribution in [1.29, 1.82) is 0 Å². The van der Waals surface area contributed by atoms with Gasteiger partial charge in [0.15, 0.2) is 0 Å². The van der Waals surface area contributed by atoms with Crippen molar-refractivity contribution in [2.24, 2.45) is 0 Å². The third-order valence-electron chi connectivity index (χ3n) is 2.56. The van der Waals surface area contributed by atoms with Gasteiger partial charge in [-0.2, -0.15) is 0 Å². The summed E-state index contributed by atoms with van der Waals surface area (Å²) in [6.45, 7) is 6.19. The van der Waals surface area contributed by atoms with Crippen LogP contribution in [0.5, 0.6) is 0 Å². The first-order valence-corrected chi connectivity index (χ1v) is 6.27. The van der Waals surface area contributed by atoms with E-state index in [4.69, 9.17) is 0 Å². The Morgan fingerprint density at radius 1 is 1.40 bits per heavy atom. The summed E-state index contributed by atoms with van der Waals surface area (Å²) in [5, 5.41) is 0. The van der Waals surface area contributed by atoms with Crippen molar-refractivity contribution in [2.45, 2.75) is 44.9 Å². The van der Waals surface area contributed by atoms with E-state index in [1.54, 1.807) is 0 Å². The first-order chi connectivity index (χ1) is 6.89. The highest BCUT2D eigenvalue weighted by Gasteiger charge is 2.30. The van der Waals surface area contributed by atoms with Gasteiger partial charge in [-0.25, -0.2) is 4.98 Å². The topological polar surface area (TPSA) is 45.8 Å². The average molecular weight is 318 g/mol. The van der Waals surface area contributed by atoms with Crippen molar-refractivity contribution >= 4 is 22.6 Å². The zero-order valence-electron chi connectivity index (χ0n) is 9.22. The number of nitrogens with one attached hydrogen (secondary N) is 1. The quantitative estimate of drug-likeness (QED) is 0.809. The van der Waals surface area contributed by atoms with Crippen molar-refractivity contribution in [1.82, 2.24) is 9.97 Å². The van der Waals surface area contributed by atoms with E-state index in [9.17, 15) is 4.79 Å². The molecule has 1 aliphatic carbocycles. The van der Waals surface area contributed by atoms with E-state index in [1.165, 1.54) is 12.8 Å². The number of rotatable bonds is 1. The van der Waals surface area contributed by atoms with Crippen molar-refractivity contribution in [3.63, 3.8) is 0 Å². The Morgan fingerprint density at radius 2 is 2.00 bits per heavy atom. The molecule has 1 saturated carbocycles. The van der Waals surface area contributed by atoms with Gasteiger partial charge in [-0.15, -0.1) is 0 Å². The first-order valence-electron chi connectivity index (χ1n) is 5.20. The number of hydrogen-bond acceptors (Lipinski definition) is 2. The molecule has 1 heterocycles. The third kappa shape index (κ3) is 2.24.